The van der Waals surface area contributed by atoms with E-state index in [2.05, 4.69) is 24.3 Å². The maximum absolute atomic E-state index is 13.9. The van der Waals surface area contributed by atoms with E-state index in [0.717, 1.165) is 37.1 Å². The third-order valence-corrected chi connectivity index (χ3v) is 7.10. The molecule has 0 spiro atoms. The zero-order valence-electron chi connectivity index (χ0n) is 21.0. The van der Waals surface area contributed by atoms with Crippen molar-refractivity contribution >= 4 is 17.5 Å². The van der Waals surface area contributed by atoms with Crippen LogP contribution < -0.4 is 15.0 Å². The molecule has 7 nitrogen and oxygen atoms in total. The molecule has 2 aromatic rings. The van der Waals surface area contributed by atoms with Gasteiger partial charge in [0.2, 0.25) is 5.91 Å². The van der Waals surface area contributed by atoms with E-state index in [-0.39, 0.29) is 23.8 Å². The fourth-order valence-corrected chi connectivity index (χ4v) is 5.09. The smallest absolute Gasteiger partial charge is 0.277 e. The number of amides is 2. The Morgan fingerprint density at radius 1 is 1.15 bits per heavy atom. The fourth-order valence-electron chi connectivity index (χ4n) is 5.09. The van der Waals surface area contributed by atoms with Crippen LogP contribution in [-0.4, -0.2) is 39.8 Å². The van der Waals surface area contributed by atoms with Crippen LogP contribution in [-0.2, 0) is 11.3 Å². The summed E-state index contributed by atoms with van der Waals surface area (Å²) in [5.74, 6) is 0.612. The van der Waals surface area contributed by atoms with Crippen molar-refractivity contribution in [3.05, 3.63) is 41.7 Å². The zero-order chi connectivity index (χ0) is 24.3. The largest absolute Gasteiger partial charge is 0.494 e. The van der Waals surface area contributed by atoms with Crippen LogP contribution in [0.5, 0.6) is 5.75 Å². The summed E-state index contributed by atoms with van der Waals surface area (Å²) in [5.41, 5.74) is 0.968. The Labute approximate surface area is 202 Å². The Bertz CT molecular complexity index is 1010. The summed E-state index contributed by atoms with van der Waals surface area (Å²) in [6, 6.07) is 9.43. The standard InChI is InChI=1S/C27H38N4O3/c1-5-34-22-15-13-21(14-16-22)31-25(32)24-17-23(19(2)3)29-30(24)18-27(31,4)26(33)28-20-11-9-7-6-8-10-12-20/h13-17,19-20H,5-12,18H2,1-4H3,(H,28,33)/t27-/m0/s1. The van der Waals surface area contributed by atoms with Crippen LogP contribution in [0.4, 0.5) is 5.69 Å². The van der Waals surface area contributed by atoms with Crippen LogP contribution in [0.15, 0.2) is 30.3 Å². The normalized spacial score (nSPS) is 21.7. The molecule has 4 rings (SSSR count). The first-order valence-electron chi connectivity index (χ1n) is 12.8. The summed E-state index contributed by atoms with van der Waals surface area (Å²) >= 11 is 0. The van der Waals surface area contributed by atoms with Crippen molar-refractivity contribution in [3.8, 4) is 5.75 Å². The van der Waals surface area contributed by atoms with E-state index in [1.54, 1.807) is 9.58 Å². The number of ether oxygens (including phenoxy) is 1. The van der Waals surface area contributed by atoms with Gasteiger partial charge < -0.3 is 10.1 Å². The lowest BCUT2D eigenvalue weighted by atomic mass is 9.91. The minimum atomic E-state index is -1.10. The van der Waals surface area contributed by atoms with Gasteiger partial charge in [0.05, 0.1) is 18.8 Å². The highest BCUT2D eigenvalue weighted by Crippen LogP contribution is 2.35. The third-order valence-electron chi connectivity index (χ3n) is 7.10. The first kappa shape index (κ1) is 24.3. The van der Waals surface area contributed by atoms with Gasteiger partial charge in [-0.1, -0.05) is 46.0 Å². The Morgan fingerprint density at radius 3 is 2.41 bits per heavy atom. The van der Waals surface area contributed by atoms with Gasteiger partial charge in [-0.05, 0) is 62.9 Å². The minimum Gasteiger partial charge on any atom is -0.494 e. The molecule has 1 fully saturated rings. The molecule has 2 heterocycles. The van der Waals surface area contributed by atoms with Crippen molar-refractivity contribution < 1.29 is 14.3 Å². The molecule has 1 aliphatic carbocycles. The summed E-state index contributed by atoms with van der Waals surface area (Å²) in [5, 5.41) is 8.00. The lowest BCUT2D eigenvalue weighted by molar-refractivity contribution is -0.127. The number of nitrogens with zero attached hydrogens (tertiary/aromatic N) is 3. The molecule has 2 amide bonds. The molecule has 1 aromatic carbocycles. The van der Waals surface area contributed by atoms with Gasteiger partial charge in [0.15, 0.2) is 0 Å². The summed E-state index contributed by atoms with van der Waals surface area (Å²) < 4.78 is 7.31. The highest BCUT2D eigenvalue weighted by molar-refractivity contribution is 6.11. The summed E-state index contributed by atoms with van der Waals surface area (Å²) in [4.78, 5) is 29.3. The predicted molar refractivity (Wildman–Crippen MR) is 133 cm³/mol. The van der Waals surface area contributed by atoms with Gasteiger partial charge in [-0.2, -0.15) is 5.10 Å². The quantitative estimate of drug-likeness (QED) is 0.646. The first-order valence-corrected chi connectivity index (χ1v) is 12.8. The van der Waals surface area contributed by atoms with Crippen molar-refractivity contribution in [1.82, 2.24) is 15.1 Å². The molecule has 34 heavy (non-hydrogen) atoms. The first-order chi connectivity index (χ1) is 16.3. The van der Waals surface area contributed by atoms with E-state index in [1.165, 1.54) is 19.3 Å². The third kappa shape index (κ3) is 4.84. The number of hydrogen-bond donors (Lipinski definition) is 1. The molecule has 1 atom stereocenters. The number of nitrogens with one attached hydrogen (secondary N) is 1. The monoisotopic (exact) mass is 466 g/mol. The Hall–Kier alpha value is -2.83. The van der Waals surface area contributed by atoms with E-state index < -0.39 is 5.54 Å². The SMILES string of the molecule is CCOc1ccc(N2C(=O)c3cc(C(C)C)nn3C[C@@]2(C)C(=O)NC2CCCCCCC2)cc1. The molecule has 2 aliphatic rings. The zero-order valence-corrected chi connectivity index (χ0v) is 21.0. The Morgan fingerprint density at radius 2 is 1.79 bits per heavy atom. The second-order valence-corrected chi connectivity index (χ2v) is 10.1. The summed E-state index contributed by atoms with van der Waals surface area (Å²) in [7, 11) is 0. The molecular weight excluding hydrogens is 428 g/mol. The number of rotatable bonds is 6. The average molecular weight is 467 g/mol. The van der Waals surface area contributed by atoms with Gasteiger partial charge >= 0.3 is 0 Å². The number of aromatic nitrogens is 2. The van der Waals surface area contributed by atoms with Gasteiger partial charge in [0.25, 0.3) is 5.91 Å². The average Bonchev–Trinajstić information content (AvgIpc) is 3.21. The Balaban J connectivity index is 1.69. The lowest BCUT2D eigenvalue weighted by Gasteiger charge is -2.43. The number of hydrogen-bond acceptors (Lipinski definition) is 4. The molecule has 1 aliphatic heterocycles. The second-order valence-electron chi connectivity index (χ2n) is 10.1. The Kier molecular flexibility index (Phi) is 7.29. The molecule has 184 valence electrons. The van der Waals surface area contributed by atoms with Crippen molar-refractivity contribution in [2.24, 2.45) is 0 Å². The van der Waals surface area contributed by atoms with E-state index in [1.807, 2.05) is 44.2 Å². The van der Waals surface area contributed by atoms with Crippen LogP contribution in [0.3, 0.4) is 0 Å². The van der Waals surface area contributed by atoms with Gasteiger partial charge in [0, 0.05) is 11.7 Å². The van der Waals surface area contributed by atoms with Gasteiger partial charge in [-0.3, -0.25) is 19.2 Å². The maximum Gasteiger partial charge on any atom is 0.277 e. The molecule has 1 aromatic heterocycles. The molecule has 0 bridgehead atoms. The number of anilines is 1. The van der Waals surface area contributed by atoms with Gasteiger partial charge in [-0.15, -0.1) is 0 Å². The maximum atomic E-state index is 13.9. The lowest BCUT2D eigenvalue weighted by Crippen LogP contribution is -2.65. The minimum absolute atomic E-state index is 0.118. The fraction of sp³-hybridized carbons (Fsp3) is 0.593. The van der Waals surface area contributed by atoms with Gasteiger partial charge in [-0.25, -0.2) is 0 Å². The molecule has 0 saturated heterocycles. The molecular formula is C27H38N4O3. The number of carbonyl (C=O) groups is 2. The van der Waals surface area contributed by atoms with Crippen molar-refractivity contribution in [1.29, 1.82) is 0 Å². The molecule has 0 unspecified atom stereocenters. The summed E-state index contributed by atoms with van der Waals surface area (Å²) in [6.07, 6.45) is 7.95. The summed E-state index contributed by atoms with van der Waals surface area (Å²) in [6.45, 7) is 8.80. The predicted octanol–water partition coefficient (Wildman–Crippen LogP) is 5.05. The van der Waals surface area contributed by atoms with Crippen LogP contribution in [0, 0.1) is 0 Å². The van der Waals surface area contributed by atoms with Gasteiger partial charge in [0.1, 0.15) is 17.0 Å². The van der Waals surface area contributed by atoms with Crippen LogP contribution in [0.2, 0.25) is 0 Å². The highest BCUT2D eigenvalue weighted by atomic mass is 16.5. The van der Waals surface area contributed by atoms with Crippen LogP contribution in [0.1, 0.15) is 94.7 Å². The van der Waals surface area contributed by atoms with Crippen LogP contribution in [0.25, 0.3) is 0 Å². The second kappa shape index (κ2) is 10.2. The van der Waals surface area contributed by atoms with Crippen molar-refractivity contribution in [2.75, 3.05) is 11.5 Å². The number of fused-ring (bicyclic) bond motifs is 1. The molecule has 1 N–H and O–H groups in total. The molecule has 7 heteroatoms. The molecule has 0 radical (unpaired) electrons. The van der Waals surface area contributed by atoms with Crippen molar-refractivity contribution in [3.63, 3.8) is 0 Å². The highest BCUT2D eigenvalue weighted by Gasteiger charge is 2.49. The van der Waals surface area contributed by atoms with E-state index in [4.69, 9.17) is 4.74 Å². The molecule has 1 saturated carbocycles. The van der Waals surface area contributed by atoms with E-state index in [9.17, 15) is 9.59 Å². The number of carbonyl (C=O) groups excluding carboxylic acids is 2. The van der Waals surface area contributed by atoms with E-state index in [0.29, 0.717) is 24.5 Å². The van der Waals surface area contributed by atoms with E-state index >= 15 is 0 Å². The van der Waals surface area contributed by atoms with Crippen LogP contribution >= 0.6 is 0 Å². The number of benzene rings is 1. The topological polar surface area (TPSA) is 76.5 Å². The van der Waals surface area contributed by atoms with Crippen molar-refractivity contribution in [2.45, 2.75) is 96.7 Å².